The Bertz CT molecular complexity index is 186. The summed E-state index contributed by atoms with van der Waals surface area (Å²) in [6.45, 7) is 3.89. The van der Waals surface area contributed by atoms with Crippen molar-refractivity contribution in [3.8, 4) is 0 Å². The summed E-state index contributed by atoms with van der Waals surface area (Å²) in [5, 5.41) is 0. The Morgan fingerprint density at radius 3 is 1.33 bits per heavy atom. The molecule has 0 aromatic carbocycles. The van der Waals surface area contributed by atoms with Crippen molar-refractivity contribution < 1.29 is 9.59 Å². The molecule has 3 heteroatoms. The van der Waals surface area contributed by atoms with Crippen LogP contribution in [0.15, 0.2) is 24.3 Å². The molecular formula is C9H13NO2. The van der Waals surface area contributed by atoms with E-state index in [1.54, 1.807) is 0 Å². The average molecular weight is 167 g/mol. The van der Waals surface area contributed by atoms with Crippen LogP contribution >= 0.6 is 0 Å². The van der Waals surface area contributed by atoms with E-state index in [-0.39, 0.29) is 11.6 Å². The van der Waals surface area contributed by atoms with Crippen LogP contribution in [0.3, 0.4) is 0 Å². The Hall–Kier alpha value is -1.22. The molecule has 2 N–H and O–H groups in total. The average Bonchev–Trinajstić information content (AvgIpc) is 1.94. The van der Waals surface area contributed by atoms with Gasteiger partial charge in [0, 0.05) is 0 Å². The predicted octanol–water partition coefficient (Wildman–Crippen LogP) is 0.604. The summed E-state index contributed by atoms with van der Waals surface area (Å²) >= 11 is 0. The molecule has 0 aliphatic heterocycles. The third-order valence-corrected chi connectivity index (χ3v) is 0.824. The van der Waals surface area contributed by atoms with Crippen LogP contribution in [0, 0.1) is 0 Å². The van der Waals surface area contributed by atoms with Crippen molar-refractivity contribution >= 4 is 11.6 Å². The first-order valence-electron chi connectivity index (χ1n) is 3.72. The van der Waals surface area contributed by atoms with Crippen LogP contribution in [0.4, 0.5) is 0 Å². The molecule has 0 unspecified atom stereocenters. The van der Waals surface area contributed by atoms with Crippen LogP contribution in [0.5, 0.6) is 0 Å². The van der Waals surface area contributed by atoms with Gasteiger partial charge in [-0.1, -0.05) is 13.8 Å². The highest BCUT2D eigenvalue weighted by Crippen LogP contribution is 1.90. The summed E-state index contributed by atoms with van der Waals surface area (Å²) < 4.78 is 0. The summed E-state index contributed by atoms with van der Waals surface area (Å²) in [4.78, 5) is 20.6. The van der Waals surface area contributed by atoms with Gasteiger partial charge in [0.25, 0.3) is 0 Å². The molecule has 0 amide bonds. The summed E-state index contributed by atoms with van der Waals surface area (Å²) in [6.07, 6.45) is 5.01. The first-order valence-corrected chi connectivity index (χ1v) is 3.72. The number of ketones is 2. The molecule has 0 heterocycles. The molecule has 0 saturated heterocycles. The van der Waals surface area contributed by atoms with E-state index < -0.39 is 0 Å². The molecule has 12 heavy (non-hydrogen) atoms. The van der Waals surface area contributed by atoms with Gasteiger partial charge >= 0.3 is 0 Å². The smallest absolute Gasteiger partial charge is 0.178 e. The van der Waals surface area contributed by atoms with Crippen molar-refractivity contribution in [3.63, 3.8) is 0 Å². The van der Waals surface area contributed by atoms with Crippen LogP contribution in [0.25, 0.3) is 0 Å². The van der Waals surface area contributed by atoms with Gasteiger partial charge in [-0.3, -0.25) is 9.59 Å². The first kappa shape index (κ1) is 10.8. The number of allylic oxidation sites excluding steroid dienone is 4. The van der Waals surface area contributed by atoms with Crippen LogP contribution < -0.4 is 5.73 Å². The van der Waals surface area contributed by atoms with Crippen LogP contribution in [-0.2, 0) is 9.59 Å². The van der Waals surface area contributed by atoms with Crippen molar-refractivity contribution in [2.24, 2.45) is 5.73 Å². The highest BCUT2D eigenvalue weighted by molar-refractivity contribution is 6.14. The van der Waals surface area contributed by atoms with Gasteiger partial charge in [-0.2, -0.15) is 0 Å². The van der Waals surface area contributed by atoms with Crippen LogP contribution in [-0.4, -0.2) is 17.6 Å². The third kappa shape index (κ3) is 6.89. The number of hydrogen-bond donors (Lipinski definition) is 1. The number of hydrogen-bond acceptors (Lipinski definition) is 3. The number of carbonyl (C=O) groups excluding carboxylic acids is 2. The van der Waals surface area contributed by atoms with Gasteiger partial charge in [0.15, 0.2) is 11.6 Å². The Morgan fingerprint density at radius 1 is 1.00 bits per heavy atom. The largest absolute Gasteiger partial charge is 0.328 e. The van der Waals surface area contributed by atoms with Crippen molar-refractivity contribution in [1.29, 1.82) is 0 Å². The maximum Gasteiger partial charge on any atom is 0.178 e. The zero-order valence-corrected chi connectivity index (χ0v) is 7.28. The maximum atomic E-state index is 10.3. The van der Waals surface area contributed by atoms with E-state index in [4.69, 9.17) is 5.73 Å². The maximum absolute atomic E-state index is 10.3. The minimum absolute atomic E-state index is 0.121. The molecule has 0 saturated carbocycles. The Balaban J connectivity index is 0.000000261. The fourth-order valence-electron chi connectivity index (χ4n) is 0.440. The molecule has 0 radical (unpaired) electrons. The van der Waals surface area contributed by atoms with Gasteiger partial charge in [-0.25, -0.2) is 0 Å². The second kappa shape index (κ2) is 5.43. The zero-order chi connectivity index (χ0) is 9.56. The Morgan fingerprint density at radius 2 is 1.17 bits per heavy atom. The van der Waals surface area contributed by atoms with E-state index in [9.17, 15) is 9.59 Å². The van der Waals surface area contributed by atoms with Crippen LogP contribution in [0.2, 0.25) is 0 Å². The highest BCUT2D eigenvalue weighted by atomic mass is 16.1. The molecule has 0 spiro atoms. The minimum Gasteiger partial charge on any atom is -0.328 e. The van der Waals surface area contributed by atoms with E-state index in [1.165, 1.54) is 24.3 Å². The lowest BCUT2D eigenvalue weighted by atomic mass is 10.2. The van der Waals surface area contributed by atoms with Gasteiger partial charge < -0.3 is 5.73 Å². The third-order valence-electron chi connectivity index (χ3n) is 0.824. The Kier molecular flexibility index (Phi) is 4.88. The normalized spacial score (nSPS) is 14.7. The summed E-state index contributed by atoms with van der Waals surface area (Å²) in [6, 6.07) is 0.333. The molecule has 0 aromatic heterocycles. The lowest BCUT2D eigenvalue weighted by Crippen LogP contribution is -2.06. The summed E-state index contributed by atoms with van der Waals surface area (Å²) in [5.41, 5.74) is 5.11. The molecular weight excluding hydrogens is 154 g/mol. The Labute approximate surface area is 71.9 Å². The predicted molar refractivity (Wildman–Crippen MR) is 47.6 cm³/mol. The van der Waals surface area contributed by atoms with E-state index in [0.29, 0.717) is 6.04 Å². The number of rotatable bonds is 0. The molecule has 3 nitrogen and oxygen atoms in total. The fourth-order valence-corrected chi connectivity index (χ4v) is 0.440. The second-order valence-electron chi connectivity index (χ2n) is 2.72. The molecule has 1 aliphatic carbocycles. The van der Waals surface area contributed by atoms with Crippen molar-refractivity contribution in [3.05, 3.63) is 24.3 Å². The SMILES string of the molecule is CC(C)N.O=C1C=CC(=O)C=C1. The topological polar surface area (TPSA) is 60.2 Å². The molecule has 1 rings (SSSR count). The van der Waals surface area contributed by atoms with Gasteiger partial charge in [0.05, 0.1) is 0 Å². The standard InChI is InChI=1S/C6H4O2.C3H9N/c7-5-1-2-6(8)4-3-5;1-3(2)4/h1-4H;3H,4H2,1-2H3. The number of carbonyl (C=O) groups is 2. The van der Waals surface area contributed by atoms with E-state index in [1.807, 2.05) is 13.8 Å². The van der Waals surface area contributed by atoms with E-state index in [2.05, 4.69) is 0 Å². The van der Waals surface area contributed by atoms with Gasteiger partial charge in [-0.05, 0) is 30.3 Å². The molecule has 66 valence electrons. The fraction of sp³-hybridized carbons (Fsp3) is 0.333. The van der Waals surface area contributed by atoms with Gasteiger partial charge in [0.2, 0.25) is 0 Å². The van der Waals surface area contributed by atoms with E-state index >= 15 is 0 Å². The second-order valence-corrected chi connectivity index (χ2v) is 2.72. The molecule has 0 atom stereocenters. The minimum atomic E-state index is -0.121. The lowest BCUT2D eigenvalue weighted by molar-refractivity contribution is -0.113. The zero-order valence-electron chi connectivity index (χ0n) is 7.28. The quantitative estimate of drug-likeness (QED) is 0.537. The molecule has 0 fully saturated rings. The molecule has 1 aliphatic rings. The van der Waals surface area contributed by atoms with Crippen molar-refractivity contribution in [2.45, 2.75) is 19.9 Å². The monoisotopic (exact) mass is 167 g/mol. The summed E-state index contributed by atoms with van der Waals surface area (Å²) in [5.74, 6) is -0.241. The molecule has 0 bridgehead atoms. The van der Waals surface area contributed by atoms with Crippen molar-refractivity contribution in [1.82, 2.24) is 0 Å². The highest BCUT2D eigenvalue weighted by Gasteiger charge is 1.97. The number of nitrogens with two attached hydrogens (primary N) is 1. The summed E-state index contributed by atoms with van der Waals surface area (Å²) in [7, 11) is 0. The van der Waals surface area contributed by atoms with Crippen molar-refractivity contribution in [2.75, 3.05) is 0 Å². The lowest BCUT2D eigenvalue weighted by Gasteiger charge is -1.87. The molecule has 0 aromatic rings. The van der Waals surface area contributed by atoms with Gasteiger partial charge in [-0.15, -0.1) is 0 Å². The van der Waals surface area contributed by atoms with Gasteiger partial charge in [0.1, 0.15) is 0 Å². The van der Waals surface area contributed by atoms with E-state index in [0.717, 1.165) is 0 Å². The first-order chi connectivity index (χ1) is 5.52. The van der Waals surface area contributed by atoms with Crippen LogP contribution in [0.1, 0.15) is 13.8 Å².